The summed E-state index contributed by atoms with van der Waals surface area (Å²) in [6, 6.07) is 7.49. The van der Waals surface area contributed by atoms with Crippen molar-refractivity contribution in [3.05, 3.63) is 35.4 Å². The highest BCUT2D eigenvalue weighted by Gasteiger charge is 2.68. The summed E-state index contributed by atoms with van der Waals surface area (Å²) in [7, 11) is 11.3. The largest absolute Gasteiger partial charge is 0.392 e. The molecule has 194 valence electrons. The van der Waals surface area contributed by atoms with Crippen molar-refractivity contribution in [2.75, 3.05) is 41.4 Å². The molecule has 4 atom stereocenters. The van der Waals surface area contributed by atoms with Gasteiger partial charge in [-0.15, -0.1) is 0 Å². The molecule has 4 bridgehead atoms. The van der Waals surface area contributed by atoms with E-state index in [4.69, 9.17) is 0 Å². The normalized spacial score (nSPS) is 35.9. The molecule has 14 heteroatoms. The molecular formula is C22H26N4O6S4. The van der Waals surface area contributed by atoms with Crippen LogP contribution in [-0.2, 0) is 32.0 Å². The Morgan fingerprint density at radius 2 is 0.806 bits per heavy atom. The van der Waals surface area contributed by atoms with Crippen LogP contribution in [0.4, 0.5) is 0 Å². The maximum absolute atomic E-state index is 13.3. The number of rotatable bonds is 6. The first-order valence-corrected chi connectivity index (χ1v) is 15.4. The van der Waals surface area contributed by atoms with Gasteiger partial charge in [0, 0.05) is 41.0 Å². The lowest BCUT2D eigenvalue weighted by Gasteiger charge is -2.58. The lowest BCUT2D eigenvalue weighted by Crippen LogP contribution is -2.77. The lowest BCUT2D eigenvalue weighted by molar-refractivity contribution is -0.165. The number of aliphatic hydroxyl groups excluding tert-OH is 2. The van der Waals surface area contributed by atoms with Gasteiger partial charge >= 0.3 is 0 Å². The van der Waals surface area contributed by atoms with Crippen molar-refractivity contribution in [3.63, 3.8) is 0 Å². The number of benzene rings is 1. The Labute approximate surface area is 224 Å². The maximum atomic E-state index is 13.3. The number of fused-ring (bicyclic) bond motifs is 6. The van der Waals surface area contributed by atoms with Crippen LogP contribution in [0.15, 0.2) is 24.3 Å². The summed E-state index contributed by atoms with van der Waals surface area (Å²) in [6.45, 7) is -0.910. The molecule has 2 N–H and O–H groups in total. The number of amides is 4. The number of aliphatic hydroxyl groups is 2. The Kier molecular flexibility index (Phi) is 6.12. The van der Waals surface area contributed by atoms with E-state index in [1.807, 2.05) is 24.3 Å². The molecule has 0 aliphatic carbocycles. The lowest BCUT2D eigenvalue weighted by atomic mass is 9.94. The van der Waals surface area contributed by atoms with E-state index in [2.05, 4.69) is 0 Å². The minimum Gasteiger partial charge on any atom is -0.392 e. The first-order chi connectivity index (χ1) is 17.0. The van der Waals surface area contributed by atoms with Crippen molar-refractivity contribution in [2.45, 2.75) is 32.3 Å². The minimum absolute atomic E-state index is 0.232. The Balaban J connectivity index is 1.39. The van der Waals surface area contributed by atoms with Gasteiger partial charge in [0.25, 0.3) is 23.6 Å². The highest BCUT2D eigenvalue weighted by molar-refractivity contribution is 8.78. The minimum atomic E-state index is -1.30. The van der Waals surface area contributed by atoms with Crippen molar-refractivity contribution in [3.8, 4) is 0 Å². The predicted molar refractivity (Wildman–Crippen MR) is 140 cm³/mol. The third-order valence-corrected chi connectivity index (χ3v) is 15.1. The van der Waals surface area contributed by atoms with Gasteiger partial charge in [0.1, 0.15) is 0 Å². The second kappa shape index (κ2) is 8.46. The molecule has 1 aromatic carbocycles. The summed E-state index contributed by atoms with van der Waals surface area (Å²) in [5.41, 5.74) is 1.68. The zero-order valence-electron chi connectivity index (χ0n) is 20.1. The molecule has 0 spiro atoms. The van der Waals surface area contributed by atoms with Gasteiger partial charge in [-0.2, -0.15) is 0 Å². The molecule has 36 heavy (non-hydrogen) atoms. The Hall–Kier alpha value is -1.58. The molecular weight excluding hydrogens is 545 g/mol. The Bertz CT molecular complexity index is 1080. The van der Waals surface area contributed by atoms with E-state index in [-0.39, 0.29) is 36.5 Å². The standard InChI is InChI=1S/C22H26N4O6S4/c1-23-17(31)21(11-27)25(3)15(29)19(23,33-35-21)9-13-5-7-14(8-6-13)10-20-16(30)26(4)22(12-28,36-34-20)18(32)24(20)2/h5-8,27-28H,9-12H2,1-4H3. The Morgan fingerprint density at radius 3 is 1.11 bits per heavy atom. The van der Waals surface area contributed by atoms with Crippen molar-refractivity contribution < 1.29 is 29.4 Å². The molecule has 10 nitrogen and oxygen atoms in total. The monoisotopic (exact) mass is 570 g/mol. The van der Waals surface area contributed by atoms with Gasteiger partial charge in [0.05, 0.1) is 13.2 Å². The summed E-state index contributed by atoms with van der Waals surface area (Å²) < 4.78 is 0. The first-order valence-electron chi connectivity index (χ1n) is 11.1. The number of carbonyl (C=O) groups is 4. The van der Waals surface area contributed by atoms with Crippen molar-refractivity contribution in [2.24, 2.45) is 0 Å². The van der Waals surface area contributed by atoms with Crippen molar-refractivity contribution >= 4 is 66.8 Å². The van der Waals surface area contributed by atoms with E-state index in [9.17, 15) is 29.4 Å². The number of piperazine rings is 2. The van der Waals surface area contributed by atoms with E-state index in [0.717, 1.165) is 11.1 Å². The topological polar surface area (TPSA) is 122 Å². The second-order valence-corrected chi connectivity index (χ2v) is 14.8. The molecule has 4 unspecified atom stereocenters. The summed E-state index contributed by atoms with van der Waals surface area (Å²) >= 11 is 0. The number of hydrogen-bond acceptors (Lipinski definition) is 10. The third-order valence-electron chi connectivity index (χ3n) is 7.70. The van der Waals surface area contributed by atoms with Crippen LogP contribution in [0.1, 0.15) is 11.1 Å². The van der Waals surface area contributed by atoms with Crippen LogP contribution in [0, 0.1) is 0 Å². The Morgan fingerprint density at radius 1 is 0.556 bits per heavy atom. The van der Waals surface area contributed by atoms with Crippen LogP contribution in [-0.4, -0.2) is 114 Å². The SMILES string of the molecule is CN1C(=O)C2(Cc3ccc(CC45SSC(CO)(C(=O)N4C)N(C)C5=O)cc3)SSC1(CO)C(=O)N2C. The van der Waals surface area contributed by atoms with E-state index in [1.165, 1.54) is 62.8 Å². The summed E-state index contributed by atoms with van der Waals surface area (Å²) in [4.78, 5) is 53.5. The average Bonchev–Trinajstić information content (AvgIpc) is 2.88. The molecule has 6 fully saturated rings. The second-order valence-electron chi connectivity index (χ2n) is 9.41. The van der Waals surface area contributed by atoms with Crippen LogP contribution in [0.3, 0.4) is 0 Å². The van der Waals surface area contributed by atoms with E-state index < -0.39 is 32.7 Å². The maximum Gasteiger partial charge on any atom is 0.263 e. The van der Waals surface area contributed by atoms with Crippen LogP contribution >= 0.6 is 43.2 Å². The highest BCUT2D eigenvalue weighted by atomic mass is 33.1. The van der Waals surface area contributed by atoms with E-state index in [0.29, 0.717) is 0 Å². The smallest absolute Gasteiger partial charge is 0.263 e. The number of hydrogen-bond donors (Lipinski definition) is 2. The summed E-state index contributed by atoms with van der Waals surface area (Å²) in [5, 5.41) is 19.8. The quantitative estimate of drug-likeness (QED) is 0.459. The summed E-state index contributed by atoms with van der Waals surface area (Å²) in [5.74, 6) is -1.07. The van der Waals surface area contributed by atoms with Gasteiger partial charge in [0.2, 0.25) is 9.74 Å². The molecule has 7 rings (SSSR count). The van der Waals surface area contributed by atoms with Gasteiger partial charge in [-0.1, -0.05) is 45.9 Å². The van der Waals surface area contributed by atoms with Crippen LogP contribution in [0.5, 0.6) is 0 Å². The fourth-order valence-corrected chi connectivity index (χ4v) is 12.3. The zero-order chi connectivity index (χ0) is 26.3. The fourth-order valence-electron chi connectivity index (χ4n) is 5.10. The van der Waals surface area contributed by atoms with Crippen molar-refractivity contribution in [1.82, 2.24) is 19.6 Å². The molecule has 6 aliphatic rings. The van der Waals surface area contributed by atoms with E-state index in [1.54, 1.807) is 28.2 Å². The van der Waals surface area contributed by atoms with Crippen LogP contribution in [0.25, 0.3) is 0 Å². The zero-order valence-corrected chi connectivity index (χ0v) is 23.4. The summed E-state index contributed by atoms with van der Waals surface area (Å²) in [6.07, 6.45) is 0.569. The molecule has 6 aliphatic heterocycles. The molecule has 0 aromatic heterocycles. The molecule has 0 radical (unpaired) electrons. The molecule has 4 amide bonds. The molecule has 6 heterocycles. The van der Waals surface area contributed by atoms with Crippen molar-refractivity contribution in [1.29, 1.82) is 0 Å². The average molecular weight is 571 g/mol. The first kappa shape index (κ1) is 26.0. The van der Waals surface area contributed by atoms with Gasteiger partial charge in [-0.3, -0.25) is 19.2 Å². The molecule has 6 saturated heterocycles. The van der Waals surface area contributed by atoms with Gasteiger partial charge in [-0.25, -0.2) is 0 Å². The molecule has 0 saturated carbocycles. The van der Waals surface area contributed by atoms with Gasteiger partial charge < -0.3 is 29.8 Å². The van der Waals surface area contributed by atoms with E-state index >= 15 is 0 Å². The van der Waals surface area contributed by atoms with Gasteiger partial charge in [0.15, 0.2) is 9.74 Å². The number of likely N-dealkylation sites (N-methyl/N-ethyl adjacent to an activating group) is 4. The highest BCUT2D eigenvalue weighted by Crippen LogP contribution is 2.60. The fraction of sp³-hybridized carbons (Fsp3) is 0.545. The van der Waals surface area contributed by atoms with Crippen LogP contribution < -0.4 is 0 Å². The third kappa shape index (κ3) is 3.05. The van der Waals surface area contributed by atoms with Crippen LogP contribution in [0.2, 0.25) is 0 Å². The number of nitrogens with zero attached hydrogens (tertiary/aromatic N) is 4. The predicted octanol–water partition coefficient (Wildman–Crippen LogP) is 0.192. The molecule has 1 aromatic rings. The van der Waals surface area contributed by atoms with Gasteiger partial charge in [-0.05, 0) is 32.7 Å². The number of carbonyl (C=O) groups excluding carboxylic acids is 4.